The third-order valence-electron chi connectivity index (χ3n) is 5.04. The molecular weight excluding hydrogens is 343 g/mol. The number of halogens is 1. The van der Waals surface area contributed by atoms with Gasteiger partial charge in [-0.3, -0.25) is 9.59 Å². The second-order valence-corrected chi connectivity index (χ2v) is 6.94. The van der Waals surface area contributed by atoms with Crippen molar-refractivity contribution in [1.29, 1.82) is 0 Å². The number of carbonyl (C=O) groups excluding carboxylic acids is 2. The Morgan fingerprint density at radius 2 is 1.67 bits per heavy atom. The van der Waals surface area contributed by atoms with Crippen molar-refractivity contribution in [1.82, 2.24) is 4.90 Å². The largest absolute Gasteiger partial charge is 0.369 e. The van der Waals surface area contributed by atoms with Gasteiger partial charge in [-0.25, -0.2) is 4.39 Å². The SMILES string of the molecule is Cc1ccccc1N1CCCN(C(=O)CCC(=O)c2ccc(F)cc2)CC1. The molecule has 0 atom stereocenters. The Bertz CT molecular complexity index is 804. The van der Waals surface area contributed by atoms with Gasteiger partial charge in [0.05, 0.1) is 0 Å². The normalized spacial score (nSPS) is 14.7. The molecule has 1 aliphatic rings. The number of aryl methyl sites for hydroxylation is 1. The molecule has 1 saturated heterocycles. The number of hydrogen-bond donors (Lipinski definition) is 0. The molecule has 0 unspecified atom stereocenters. The van der Waals surface area contributed by atoms with Gasteiger partial charge in [-0.1, -0.05) is 18.2 Å². The standard InChI is InChI=1S/C22H25FN2O2/c1-17-5-2-3-6-20(17)24-13-4-14-25(16-15-24)22(27)12-11-21(26)18-7-9-19(23)10-8-18/h2-3,5-10H,4,11-16H2,1H3. The molecule has 27 heavy (non-hydrogen) atoms. The highest BCUT2D eigenvalue weighted by atomic mass is 19.1. The average molecular weight is 368 g/mol. The van der Waals surface area contributed by atoms with Crippen LogP contribution in [0.4, 0.5) is 10.1 Å². The number of Topliss-reactive ketones (excluding diaryl/α,β-unsaturated/α-hetero) is 1. The first kappa shape index (κ1) is 19.1. The monoisotopic (exact) mass is 368 g/mol. The summed E-state index contributed by atoms with van der Waals surface area (Å²) in [4.78, 5) is 28.9. The number of para-hydroxylation sites is 1. The first-order valence-corrected chi connectivity index (χ1v) is 9.42. The van der Waals surface area contributed by atoms with Crippen molar-refractivity contribution >= 4 is 17.4 Å². The summed E-state index contributed by atoms with van der Waals surface area (Å²) < 4.78 is 12.9. The molecule has 0 N–H and O–H groups in total. The zero-order valence-corrected chi connectivity index (χ0v) is 15.7. The van der Waals surface area contributed by atoms with Crippen LogP contribution >= 0.6 is 0 Å². The lowest BCUT2D eigenvalue weighted by molar-refractivity contribution is -0.130. The van der Waals surface area contributed by atoms with Crippen LogP contribution in [-0.2, 0) is 4.79 Å². The van der Waals surface area contributed by atoms with Crippen molar-refractivity contribution in [3.8, 4) is 0 Å². The third kappa shape index (κ3) is 4.94. The summed E-state index contributed by atoms with van der Waals surface area (Å²) in [6, 6.07) is 13.8. The van der Waals surface area contributed by atoms with E-state index in [1.165, 1.54) is 35.5 Å². The Hall–Kier alpha value is -2.69. The second-order valence-electron chi connectivity index (χ2n) is 6.94. The fourth-order valence-corrected chi connectivity index (χ4v) is 3.48. The van der Waals surface area contributed by atoms with Crippen molar-refractivity contribution in [2.45, 2.75) is 26.2 Å². The molecule has 0 bridgehead atoms. The van der Waals surface area contributed by atoms with Crippen molar-refractivity contribution in [3.63, 3.8) is 0 Å². The van der Waals surface area contributed by atoms with Gasteiger partial charge in [0, 0.05) is 50.3 Å². The van der Waals surface area contributed by atoms with E-state index in [4.69, 9.17) is 0 Å². The van der Waals surface area contributed by atoms with Crippen molar-refractivity contribution in [2.24, 2.45) is 0 Å². The summed E-state index contributed by atoms with van der Waals surface area (Å²) in [5.41, 5.74) is 2.91. The first-order valence-electron chi connectivity index (χ1n) is 9.42. The molecule has 4 nitrogen and oxygen atoms in total. The van der Waals surface area contributed by atoms with Gasteiger partial charge in [0.15, 0.2) is 5.78 Å². The lowest BCUT2D eigenvalue weighted by Crippen LogP contribution is -2.35. The van der Waals surface area contributed by atoms with E-state index in [9.17, 15) is 14.0 Å². The lowest BCUT2D eigenvalue weighted by atomic mass is 10.1. The number of rotatable bonds is 5. The maximum absolute atomic E-state index is 12.9. The smallest absolute Gasteiger partial charge is 0.223 e. The van der Waals surface area contributed by atoms with E-state index in [0.717, 1.165) is 19.5 Å². The minimum absolute atomic E-state index is 0.0112. The molecule has 1 aliphatic heterocycles. The van der Waals surface area contributed by atoms with E-state index in [2.05, 4.69) is 24.0 Å². The van der Waals surface area contributed by atoms with Gasteiger partial charge in [0.1, 0.15) is 5.82 Å². The predicted molar refractivity (Wildman–Crippen MR) is 105 cm³/mol. The average Bonchev–Trinajstić information content (AvgIpc) is 2.93. The third-order valence-corrected chi connectivity index (χ3v) is 5.04. The van der Waals surface area contributed by atoms with E-state index < -0.39 is 0 Å². The fraction of sp³-hybridized carbons (Fsp3) is 0.364. The molecule has 1 fully saturated rings. The van der Waals surface area contributed by atoms with Crippen LogP contribution in [0.2, 0.25) is 0 Å². The highest BCUT2D eigenvalue weighted by Crippen LogP contribution is 2.21. The molecule has 0 aromatic heterocycles. The number of benzene rings is 2. The summed E-state index contributed by atoms with van der Waals surface area (Å²) in [7, 11) is 0. The minimum Gasteiger partial charge on any atom is -0.369 e. The highest BCUT2D eigenvalue weighted by molar-refractivity contribution is 5.97. The van der Waals surface area contributed by atoms with Gasteiger partial charge in [-0.2, -0.15) is 0 Å². The molecule has 3 rings (SSSR count). The Morgan fingerprint density at radius 3 is 2.41 bits per heavy atom. The van der Waals surface area contributed by atoms with Crippen LogP contribution in [0.5, 0.6) is 0 Å². The maximum Gasteiger partial charge on any atom is 0.223 e. The van der Waals surface area contributed by atoms with Crippen molar-refractivity contribution in [3.05, 3.63) is 65.5 Å². The van der Waals surface area contributed by atoms with Gasteiger partial charge >= 0.3 is 0 Å². The van der Waals surface area contributed by atoms with Crippen molar-refractivity contribution in [2.75, 3.05) is 31.1 Å². The molecule has 2 aromatic rings. The summed E-state index contributed by atoms with van der Waals surface area (Å²) in [5.74, 6) is -0.484. The summed E-state index contributed by atoms with van der Waals surface area (Å²) in [6.07, 6.45) is 1.26. The maximum atomic E-state index is 12.9. The molecule has 2 aromatic carbocycles. The molecular formula is C22H25FN2O2. The van der Waals surface area contributed by atoms with Crippen LogP contribution < -0.4 is 4.90 Å². The number of nitrogens with zero attached hydrogens (tertiary/aromatic N) is 2. The van der Waals surface area contributed by atoms with Gasteiger partial charge in [0.2, 0.25) is 5.91 Å². The predicted octanol–water partition coefficient (Wildman–Crippen LogP) is 3.84. The summed E-state index contributed by atoms with van der Waals surface area (Å²) >= 11 is 0. The van der Waals surface area contributed by atoms with Gasteiger partial charge in [-0.05, 0) is 49.2 Å². The van der Waals surface area contributed by atoms with Crippen LogP contribution in [0.1, 0.15) is 35.2 Å². The quantitative estimate of drug-likeness (QED) is 0.753. The molecule has 1 heterocycles. The van der Waals surface area contributed by atoms with Crippen LogP contribution in [0.3, 0.4) is 0 Å². The lowest BCUT2D eigenvalue weighted by Gasteiger charge is -2.25. The zero-order chi connectivity index (χ0) is 19.2. The van der Waals surface area contributed by atoms with E-state index in [1.54, 1.807) is 0 Å². The number of anilines is 1. The molecule has 0 aliphatic carbocycles. The highest BCUT2D eigenvalue weighted by Gasteiger charge is 2.20. The number of hydrogen-bond acceptors (Lipinski definition) is 3. The Kier molecular flexibility index (Phi) is 6.22. The molecule has 0 spiro atoms. The number of carbonyl (C=O) groups is 2. The van der Waals surface area contributed by atoms with E-state index in [0.29, 0.717) is 18.7 Å². The Morgan fingerprint density at radius 1 is 0.926 bits per heavy atom. The molecule has 0 radical (unpaired) electrons. The number of ketones is 1. The minimum atomic E-state index is -0.370. The Balaban J connectivity index is 1.53. The number of amides is 1. The van der Waals surface area contributed by atoms with Crippen LogP contribution in [0, 0.1) is 12.7 Å². The van der Waals surface area contributed by atoms with E-state index >= 15 is 0 Å². The fourth-order valence-electron chi connectivity index (χ4n) is 3.48. The zero-order valence-electron chi connectivity index (χ0n) is 15.7. The molecule has 0 saturated carbocycles. The van der Waals surface area contributed by atoms with E-state index in [1.807, 2.05) is 17.0 Å². The molecule has 142 valence electrons. The summed E-state index contributed by atoms with van der Waals surface area (Å²) in [6.45, 7) is 5.19. The topological polar surface area (TPSA) is 40.6 Å². The molecule has 5 heteroatoms. The van der Waals surface area contributed by atoms with Gasteiger partial charge < -0.3 is 9.80 Å². The van der Waals surface area contributed by atoms with Gasteiger partial charge in [0.25, 0.3) is 0 Å². The van der Waals surface area contributed by atoms with Gasteiger partial charge in [-0.15, -0.1) is 0 Å². The van der Waals surface area contributed by atoms with Crippen molar-refractivity contribution < 1.29 is 14.0 Å². The van der Waals surface area contributed by atoms with Crippen LogP contribution in [-0.4, -0.2) is 42.8 Å². The first-order chi connectivity index (χ1) is 13.0. The van der Waals surface area contributed by atoms with Crippen LogP contribution in [0.15, 0.2) is 48.5 Å². The Labute approximate surface area is 159 Å². The summed E-state index contributed by atoms with van der Waals surface area (Å²) in [5, 5.41) is 0. The van der Waals surface area contributed by atoms with Crippen LogP contribution in [0.25, 0.3) is 0 Å². The van der Waals surface area contributed by atoms with E-state index in [-0.39, 0.29) is 30.3 Å². The second kappa shape index (κ2) is 8.80. The molecule has 1 amide bonds.